The molecule has 0 radical (unpaired) electrons. The normalized spacial score (nSPS) is 17.7. The van der Waals surface area contributed by atoms with Crippen LogP contribution in [0.15, 0.2) is 48.9 Å². The molecule has 128 valence electrons. The van der Waals surface area contributed by atoms with Crippen LogP contribution in [0.1, 0.15) is 36.0 Å². The Balaban J connectivity index is 1.53. The molecule has 1 atom stereocenters. The van der Waals surface area contributed by atoms with Gasteiger partial charge in [-0.25, -0.2) is 15.0 Å². The van der Waals surface area contributed by atoms with E-state index in [-0.39, 0.29) is 0 Å². The maximum Gasteiger partial charge on any atom is 0.134 e. The first-order valence-electron chi connectivity index (χ1n) is 8.67. The highest BCUT2D eigenvalue weighted by Gasteiger charge is 2.27. The molecule has 0 saturated carbocycles. The first-order valence-corrected chi connectivity index (χ1v) is 8.67. The molecular formula is C19H22N6. The van der Waals surface area contributed by atoms with Crippen molar-refractivity contribution in [3.8, 4) is 0 Å². The van der Waals surface area contributed by atoms with Crippen LogP contribution in [0.3, 0.4) is 0 Å². The third-order valence-electron chi connectivity index (χ3n) is 4.64. The summed E-state index contributed by atoms with van der Waals surface area (Å²) in [5.74, 6) is 2.69. The highest BCUT2D eigenvalue weighted by atomic mass is 15.2. The number of imidazole rings is 1. The van der Waals surface area contributed by atoms with Crippen LogP contribution in [0.5, 0.6) is 0 Å². The fourth-order valence-corrected chi connectivity index (χ4v) is 3.37. The van der Waals surface area contributed by atoms with Gasteiger partial charge in [0.05, 0.1) is 18.3 Å². The molecule has 0 bridgehead atoms. The van der Waals surface area contributed by atoms with E-state index in [1.165, 1.54) is 6.42 Å². The molecule has 4 rings (SSSR count). The predicted molar refractivity (Wildman–Crippen MR) is 97.5 cm³/mol. The molecule has 1 fully saturated rings. The van der Waals surface area contributed by atoms with Gasteiger partial charge in [-0.05, 0) is 50.1 Å². The van der Waals surface area contributed by atoms with Gasteiger partial charge in [-0.15, -0.1) is 0 Å². The zero-order chi connectivity index (χ0) is 17.1. The van der Waals surface area contributed by atoms with Crippen LogP contribution >= 0.6 is 0 Å². The van der Waals surface area contributed by atoms with Crippen LogP contribution in [0.25, 0.3) is 0 Å². The third kappa shape index (κ3) is 3.53. The van der Waals surface area contributed by atoms with Gasteiger partial charge in [0.1, 0.15) is 17.5 Å². The molecule has 1 aliphatic heterocycles. The summed E-state index contributed by atoms with van der Waals surface area (Å²) >= 11 is 0. The number of aromatic nitrogens is 4. The van der Waals surface area contributed by atoms with Crippen molar-refractivity contribution in [2.45, 2.75) is 32.4 Å². The van der Waals surface area contributed by atoms with Crippen molar-refractivity contribution in [3.05, 3.63) is 66.0 Å². The van der Waals surface area contributed by atoms with Gasteiger partial charge in [0.25, 0.3) is 0 Å². The molecule has 0 amide bonds. The van der Waals surface area contributed by atoms with Crippen molar-refractivity contribution >= 4 is 11.6 Å². The van der Waals surface area contributed by atoms with Crippen molar-refractivity contribution in [1.29, 1.82) is 0 Å². The quantitative estimate of drug-likeness (QED) is 0.746. The molecule has 3 aromatic heterocycles. The monoisotopic (exact) mass is 334 g/mol. The van der Waals surface area contributed by atoms with E-state index in [1.807, 2.05) is 31.3 Å². The number of rotatable bonds is 5. The Morgan fingerprint density at radius 3 is 3.00 bits per heavy atom. The first-order chi connectivity index (χ1) is 12.3. The standard InChI is InChI=1S/C19H22N6/c1-14-5-3-9-22-19(14)24-17-8-2-6-15(23-17)16-7-4-12-25(16)13-18-20-10-11-21-18/h2-3,5-6,8-11,16H,4,7,12-13H2,1H3,(H,20,21)(H,22,23,24)/t16-/m1/s1. The second-order valence-corrected chi connectivity index (χ2v) is 6.41. The van der Waals surface area contributed by atoms with Gasteiger partial charge in [-0.3, -0.25) is 4.90 Å². The van der Waals surface area contributed by atoms with E-state index in [2.05, 4.69) is 37.3 Å². The topological polar surface area (TPSA) is 69.7 Å². The van der Waals surface area contributed by atoms with E-state index in [9.17, 15) is 0 Å². The number of H-pyrrole nitrogens is 1. The van der Waals surface area contributed by atoms with Gasteiger partial charge in [0.2, 0.25) is 0 Å². The van der Waals surface area contributed by atoms with E-state index in [0.717, 1.165) is 48.2 Å². The number of aromatic amines is 1. The van der Waals surface area contributed by atoms with Crippen LogP contribution in [0, 0.1) is 6.92 Å². The fraction of sp³-hybridized carbons (Fsp3) is 0.316. The van der Waals surface area contributed by atoms with E-state index >= 15 is 0 Å². The summed E-state index contributed by atoms with van der Waals surface area (Å²) in [5, 5.41) is 3.34. The fourth-order valence-electron chi connectivity index (χ4n) is 3.37. The number of nitrogens with zero attached hydrogens (tertiary/aromatic N) is 4. The van der Waals surface area contributed by atoms with Gasteiger partial charge in [0.15, 0.2) is 0 Å². The summed E-state index contributed by atoms with van der Waals surface area (Å²) in [5.41, 5.74) is 2.21. The van der Waals surface area contributed by atoms with Gasteiger partial charge in [-0.1, -0.05) is 12.1 Å². The minimum Gasteiger partial charge on any atom is -0.348 e. The summed E-state index contributed by atoms with van der Waals surface area (Å²) in [6.45, 7) is 3.95. The summed E-state index contributed by atoms with van der Waals surface area (Å²) in [7, 11) is 0. The maximum atomic E-state index is 4.85. The van der Waals surface area contributed by atoms with Crippen molar-refractivity contribution in [1.82, 2.24) is 24.8 Å². The lowest BCUT2D eigenvalue weighted by molar-refractivity contribution is 0.239. The number of likely N-dealkylation sites (tertiary alicyclic amines) is 1. The summed E-state index contributed by atoms with van der Waals surface area (Å²) < 4.78 is 0. The Hall–Kier alpha value is -2.73. The summed E-state index contributed by atoms with van der Waals surface area (Å²) in [6.07, 6.45) is 7.78. The number of hydrogen-bond acceptors (Lipinski definition) is 5. The SMILES string of the molecule is Cc1cccnc1Nc1cccc([C@H]2CCCN2Cc2ncc[nH]2)n1. The van der Waals surface area contributed by atoms with Gasteiger partial charge >= 0.3 is 0 Å². The maximum absolute atomic E-state index is 4.85. The summed E-state index contributed by atoms with van der Waals surface area (Å²) in [6, 6.07) is 10.5. The lowest BCUT2D eigenvalue weighted by Gasteiger charge is -2.23. The Bertz CT molecular complexity index is 829. The number of aryl methyl sites for hydroxylation is 1. The minimum atomic E-state index is 0.330. The van der Waals surface area contributed by atoms with E-state index < -0.39 is 0 Å². The Labute approximate surface area is 147 Å². The largest absolute Gasteiger partial charge is 0.348 e. The van der Waals surface area contributed by atoms with Crippen LogP contribution in [0.4, 0.5) is 11.6 Å². The molecule has 2 N–H and O–H groups in total. The second kappa shape index (κ2) is 7.03. The van der Waals surface area contributed by atoms with Crippen LogP contribution in [-0.2, 0) is 6.54 Å². The second-order valence-electron chi connectivity index (χ2n) is 6.41. The number of nitrogens with one attached hydrogen (secondary N) is 2. The zero-order valence-electron chi connectivity index (χ0n) is 14.3. The lowest BCUT2D eigenvalue weighted by Crippen LogP contribution is -2.24. The molecule has 1 saturated heterocycles. The molecule has 0 aromatic carbocycles. The molecule has 1 aliphatic rings. The molecule has 0 aliphatic carbocycles. The average Bonchev–Trinajstić information content (AvgIpc) is 3.30. The molecule has 25 heavy (non-hydrogen) atoms. The van der Waals surface area contributed by atoms with Crippen LogP contribution in [-0.4, -0.2) is 31.4 Å². The first kappa shape index (κ1) is 15.8. The zero-order valence-corrected chi connectivity index (χ0v) is 14.3. The molecule has 3 aromatic rings. The summed E-state index contributed by atoms with van der Waals surface area (Å²) in [4.78, 5) is 19.2. The van der Waals surface area contributed by atoms with Crippen molar-refractivity contribution in [3.63, 3.8) is 0 Å². The highest BCUT2D eigenvalue weighted by Crippen LogP contribution is 2.32. The number of anilines is 2. The predicted octanol–water partition coefficient (Wildman–Crippen LogP) is 3.59. The van der Waals surface area contributed by atoms with Crippen LogP contribution in [0.2, 0.25) is 0 Å². The lowest BCUT2D eigenvalue weighted by atomic mass is 10.1. The number of pyridine rings is 2. The van der Waals surface area contributed by atoms with Crippen molar-refractivity contribution < 1.29 is 0 Å². The van der Waals surface area contributed by atoms with Gasteiger partial charge < -0.3 is 10.3 Å². The van der Waals surface area contributed by atoms with E-state index in [4.69, 9.17) is 4.98 Å². The Kier molecular flexibility index (Phi) is 4.43. The molecule has 4 heterocycles. The van der Waals surface area contributed by atoms with Crippen molar-refractivity contribution in [2.75, 3.05) is 11.9 Å². The molecular weight excluding hydrogens is 312 g/mol. The third-order valence-corrected chi connectivity index (χ3v) is 4.64. The van der Waals surface area contributed by atoms with Gasteiger partial charge in [0, 0.05) is 18.6 Å². The number of hydrogen-bond donors (Lipinski definition) is 2. The van der Waals surface area contributed by atoms with E-state index in [1.54, 1.807) is 12.4 Å². The molecule has 0 spiro atoms. The smallest absolute Gasteiger partial charge is 0.134 e. The molecule has 0 unspecified atom stereocenters. The molecule has 6 heteroatoms. The van der Waals surface area contributed by atoms with Crippen molar-refractivity contribution in [2.24, 2.45) is 0 Å². The highest BCUT2D eigenvalue weighted by molar-refractivity contribution is 5.55. The molecule has 6 nitrogen and oxygen atoms in total. The van der Waals surface area contributed by atoms with Gasteiger partial charge in [-0.2, -0.15) is 0 Å². The Morgan fingerprint density at radius 2 is 2.16 bits per heavy atom. The average molecular weight is 334 g/mol. The minimum absolute atomic E-state index is 0.330. The van der Waals surface area contributed by atoms with E-state index in [0.29, 0.717) is 6.04 Å². The van der Waals surface area contributed by atoms with Crippen LogP contribution < -0.4 is 5.32 Å². The Morgan fingerprint density at radius 1 is 1.20 bits per heavy atom.